The maximum atomic E-state index is 8.59. The fourth-order valence-corrected chi connectivity index (χ4v) is 0.899. The molecular weight excluding hydrogens is 130 g/mol. The van der Waals surface area contributed by atoms with Gasteiger partial charge >= 0.3 is 0 Å². The molecule has 4 nitrogen and oxygen atoms in total. The van der Waals surface area contributed by atoms with Gasteiger partial charge in [0.15, 0.2) is 0 Å². The van der Waals surface area contributed by atoms with Crippen molar-refractivity contribution in [3.8, 4) is 0 Å². The molecule has 0 atom stereocenters. The quantitative estimate of drug-likeness (QED) is 0.535. The Balaban J connectivity index is 2.87. The Hall–Kier alpha value is -1.03. The summed E-state index contributed by atoms with van der Waals surface area (Å²) in [6, 6.07) is 0. The van der Waals surface area contributed by atoms with Crippen LogP contribution in [0.3, 0.4) is 0 Å². The zero-order valence-corrected chi connectivity index (χ0v) is 5.89. The molecule has 56 valence electrons. The number of hydrogen-bond acceptors (Lipinski definition) is 3. The van der Waals surface area contributed by atoms with Gasteiger partial charge in [-0.2, -0.15) is 5.10 Å². The fourth-order valence-electron chi connectivity index (χ4n) is 0.899. The van der Waals surface area contributed by atoms with Crippen molar-refractivity contribution in [3.05, 3.63) is 11.3 Å². The van der Waals surface area contributed by atoms with Crippen LogP contribution in [0.25, 0.3) is 0 Å². The van der Waals surface area contributed by atoms with E-state index >= 15 is 0 Å². The van der Waals surface area contributed by atoms with E-state index in [1.807, 2.05) is 6.92 Å². The Morgan fingerprint density at radius 3 is 2.80 bits per heavy atom. The maximum absolute atomic E-state index is 8.59. The van der Waals surface area contributed by atoms with E-state index in [0.29, 0.717) is 12.2 Å². The molecule has 0 spiro atoms. The number of hydrogen-bond donors (Lipinski definition) is 3. The first kappa shape index (κ1) is 7.08. The van der Waals surface area contributed by atoms with Gasteiger partial charge in [-0.1, -0.05) is 0 Å². The van der Waals surface area contributed by atoms with Crippen molar-refractivity contribution < 1.29 is 5.11 Å². The molecule has 0 amide bonds. The summed E-state index contributed by atoms with van der Waals surface area (Å²) in [5, 5.41) is 15.1. The van der Waals surface area contributed by atoms with Gasteiger partial charge in [0.25, 0.3) is 0 Å². The summed E-state index contributed by atoms with van der Waals surface area (Å²) in [7, 11) is 0. The molecule has 0 aliphatic carbocycles. The topological polar surface area (TPSA) is 74.9 Å². The van der Waals surface area contributed by atoms with Crippen LogP contribution in [-0.2, 0) is 6.42 Å². The summed E-state index contributed by atoms with van der Waals surface area (Å²) in [4.78, 5) is 0. The maximum Gasteiger partial charge on any atom is 0.148 e. The third kappa shape index (κ3) is 1.11. The van der Waals surface area contributed by atoms with Crippen LogP contribution >= 0.6 is 0 Å². The van der Waals surface area contributed by atoms with Crippen LogP contribution in [0.1, 0.15) is 11.3 Å². The van der Waals surface area contributed by atoms with Crippen molar-refractivity contribution in [2.24, 2.45) is 0 Å². The minimum absolute atomic E-state index is 0.116. The molecule has 1 aromatic heterocycles. The Morgan fingerprint density at radius 1 is 1.70 bits per heavy atom. The number of aliphatic hydroxyl groups excluding tert-OH is 1. The van der Waals surface area contributed by atoms with Gasteiger partial charge in [0, 0.05) is 24.3 Å². The van der Waals surface area contributed by atoms with E-state index in [-0.39, 0.29) is 6.61 Å². The third-order valence-corrected chi connectivity index (χ3v) is 1.47. The fraction of sp³-hybridized carbons (Fsp3) is 0.500. The SMILES string of the molecule is Cc1[nH]nc(N)c1CCO. The van der Waals surface area contributed by atoms with Crippen molar-refractivity contribution in [2.45, 2.75) is 13.3 Å². The van der Waals surface area contributed by atoms with Gasteiger partial charge in [-0.15, -0.1) is 0 Å². The summed E-state index contributed by atoms with van der Waals surface area (Å²) < 4.78 is 0. The molecule has 4 N–H and O–H groups in total. The second-order valence-electron chi connectivity index (χ2n) is 2.19. The summed E-state index contributed by atoms with van der Waals surface area (Å²) in [5.74, 6) is 0.492. The summed E-state index contributed by atoms with van der Waals surface area (Å²) in [6.07, 6.45) is 0.578. The monoisotopic (exact) mass is 141 g/mol. The second-order valence-corrected chi connectivity index (χ2v) is 2.19. The molecule has 0 unspecified atom stereocenters. The molecule has 0 bridgehead atoms. The number of aromatic amines is 1. The molecule has 4 heteroatoms. The Kier molecular flexibility index (Phi) is 1.91. The molecule has 1 heterocycles. The average Bonchev–Trinajstić information content (AvgIpc) is 2.20. The third-order valence-electron chi connectivity index (χ3n) is 1.47. The predicted octanol–water partition coefficient (Wildman–Crippen LogP) is -0.165. The first-order valence-corrected chi connectivity index (χ1v) is 3.16. The van der Waals surface area contributed by atoms with E-state index in [1.165, 1.54) is 0 Å². The van der Waals surface area contributed by atoms with Gasteiger partial charge in [-0.3, -0.25) is 5.10 Å². The standard InChI is InChI=1S/C6H11N3O/c1-4-5(2-3-10)6(7)9-8-4/h10H,2-3H2,1H3,(H3,7,8,9). The van der Waals surface area contributed by atoms with Crippen molar-refractivity contribution in [3.63, 3.8) is 0 Å². The number of aryl methyl sites for hydroxylation is 1. The molecular formula is C6H11N3O. The number of nitrogens with one attached hydrogen (secondary N) is 1. The zero-order chi connectivity index (χ0) is 7.56. The normalized spacial score (nSPS) is 10.2. The van der Waals surface area contributed by atoms with Crippen LogP contribution in [0.4, 0.5) is 5.82 Å². The number of anilines is 1. The number of aliphatic hydroxyl groups is 1. The van der Waals surface area contributed by atoms with Gasteiger partial charge in [0.1, 0.15) is 5.82 Å². The van der Waals surface area contributed by atoms with E-state index in [0.717, 1.165) is 11.3 Å². The van der Waals surface area contributed by atoms with Gasteiger partial charge in [0.2, 0.25) is 0 Å². The van der Waals surface area contributed by atoms with E-state index in [1.54, 1.807) is 0 Å². The van der Waals surface area contributed by atoms with Crippen LogP contribution in [0.15, 0.2) is 0 Å². The lowest BCUT2D eigenvalue weighted by molar-refractivity contribution is 0.299. The Labute approximate surface area is 59.1 Å². The van der Waals surface area contributed by atoms with Crippen LogP contribution in [-0.4, -0.2) is 21.9 Å². The summed E-state index contributed by atoms with van der Waals surface area (Å²) in [5.41, 5.74) is 7.33. The van der Waals surface area contributed by atoms with Crippen LogP contribution in [0, 0.1) is 6.92 Å². The first-order valence-electron chi connectivity index (χ1n) is 3.16. The molecule has 0 fully saturated rings. The second kappa shape index (κ2) is 2.70. The molecule has 0 aliphatic heterocycles. The minimum atomic E-state index is 0.116. The highest BCUT2D eigenvalue weighted by Crippen LogP contribution is 2.11. The largest absolute Gasteiger partial charge is 0.396 e. The lowest BCUT2D eigenvalue weighted by Gasteiger charge is -1.94. The van der Waals surface area contributed by atoms with Crippen molar-refractivity contribution in [1.82, 2.24) is 10.2 Å². The number of rotatable bonds is 2. The molecule has 1 rings (SSSR count). The lowest BCUT2D eigenvalue weighted by atomic mass is 10.2. The van der Waals surface area contributed by atoms with E-state index in [9.17, 15) is 0 Å². The molecule has 1 aromatic rings. The average molecular weight is 141 g/mol. The Morgan fingerprint density at radius 2 is 2.40 bits per heavy atom. The first-order chi connectivity index (χ1) is 4.75. The molecule has 10 heavy (non-hydrogen) atoms. The molecule has 0 aromatic carbocycles. The van der Waals surface area contributed by atoms with Crippen LogP contribution in [0.5, 0.6) is 0 Å². The number of nitrogens with two attached hydrogens (primary N) is 1. The number of aromatic nitrogens is 2. The Bertz CT molecular complexity index is 199. The molecule has 0 radical (unpaired) electrons. The molecule has 0 saturated carbocycles. The van der Waals surface area contributed by atoms with Gasteiger partial charge in [0.05, 0.1) is 0 Å². The van der Waals surface area contributed by atoms with Crippen molar-refractivity contribution in [2.75, 3.05) is 12.3 Å². The van der Waals surface area contributed by atoms with E-state index in [2.05, 4.69) is 10.2 Å². The molecule has 0 saturated heterocycles. The highest BCUT2D eigenvalue weighted by Gasteiger charge is 2.04. The number of nitrogen functional groups attached to an aromatic ring is 1. The van der Waals surface area contributed by atoms with Crippen molar-refractivity contribution >= 4 is 5.82 Å². The van der Waals surface area contributed by atoms with E-state index < -0.39 is 0 Å². The predicted molar refractivity (Wildman–Crippen MR) is 38.5 cm³/mol. The highest BCUT2D eigenvalue weighted by atomic mass is 16.2. The number of nitrogens with zero attached hydrogens (tertiary/aromatic N) is 1. The highest BCUT2D eigenvalue weighted by molar-refractivity contribution is 5.41. The number of H-pyrrole nitrogens is 1. The minimum Gasteiger partial charge on any atom is -0.396 e. The van der Waals surface area contributed by atoms with Crippen molar-refractivity contribution in [1.29, 1.82) is 0 Å². The summed E-state index contributed by atoms with van der Waals surface area (Å²) >= 11 is 0. The summed E-state index contributed by atoms with van der Waals surface area (Å²) in [6.45, 7) is 2.00. The van der Waals surface area contributed by atoms with Gasteiger partial charge in [-0.25, -0.2) is 0 Å². The molecule has 0 aliphatic rings. The van der Waals surface area contributed by atoms with Crippen LogP contribution in [0.2, 0.25) is 0 Å². The van der Waals surface area contributed by atoms with Gasteiger partial charge < -0.3 is 10.8 Å². The zero-order valence-electron chi connectivity index (χ0n) is 5.89. The lowest BCUT2D eigenvalue weighted by Crippen LogP contribution is -1.96. The van der Waals surface area contributed by atoms with E-state index in [4.69, 9.17) is 10.8 Å². The smallest absolute Gasteiger partial charge is 0.148 e. The van der Waals surface area contributed by atoms with Crippen LogP contribution < -0.4 is 5.73 Å². The van der Waals surface area contributed by atoms with Gasteiger partial charge in [-0.05, 0) is 6.92 Å².